The van der Waals surface area contributed by atoms with Crippen molar-refractivity contribution in [2.75, 3.05) is 17.2 Å². The van der Waals surface area contributed by atoms with Gasteiger partial charge >= 0.3 is 0 Å². The maximum atomic E-state index is 13.1. The van der Waals surface area contributed by atoms with Crippen molar-refractivity contribution in [2.24, 2.45) is 5.92 Å². The summed E-state index contributed by atoms with van der Waals surface area (Å²) < 4.78 is 7.92. The van der Waals surface area contributed by atoms with Crippen LogP contribution in [0.2, 0.25) is 0 Å². The normalized spacial score (nSPS) is 13.1. The second kappa shape index (κ2) is 11.4. The lowest BCUT2D eigenvalue weighted by molar-refractivity contribution is -0.384. The molecule has 2 aromatic carbocycles. The van der Waals surface area contributed by atoms with E-state index in [4.69, 9.17) is 4.74 Å². The third-order valence-electron chi connectivity index (χ3n) is 5.85. The Balaban J connectivity index is 1.45. The van der Waals surface area contributed by atoms with Crippen LogP contribution in [0.3, 0.4) is 0 Å². The monoisotopic (exact) mass is 495 g/mol. The number of hydrogen-bond donors (Lipinski definition) is 0. The quantitative estimate of drug-likeness (QED) is 0.224. The van der Waals surface area contributed by atoms with Crippen molar-refractivity contribution in [1.29, 1.82) is 0 Å². The molecule has 1 amide bonds. The van der Waals surface area contributed by atoms with Crippen LogP contribution in [0.1, 0.15) is 38.1 Å². The van der Waals surface area contributed by atoms with E-state index in [9.17, 15) is 14.9 Å². The zero-order valence-corrected chi connectivity index (χ0v) is 20.7. The Morgan fingerprint density at radius 1 is 1.20 bits per heavy atom. The number of carbonyl (C=O) groups is 1. The van der Waals surface area contributed by atoms with E-state index in [0.29, 0.717) is 24.2 Å². The van der Waals surface area contributed by atoms with Crippen LogP contribution in [0.15, 0.2) is 53.7 Å². The van der Waals surface area contributed by atoms with Gasteiger partial charge in [-0.2, -0.15) is 0 Å². The molecule has 0 bridgehead atoms. The number of hydrogen-bond acceptors (Lipinski definition) is 7. The van der Waals surface area contributed by atoms with Crippen LogP contribution >= 0.6 is 11.8 Å². The lowest BCUT2D eigenvalue weighted by Gasteiger charge is -2.29. The van der Waals surface area contributed by atoms with E-state index in [-0.39, 0.29) is 17.3 Å². The van der Waals surface area contributed by atoms with Crippen molar-refractivity contribution in [3.05, 3.63) is 70.0 Å². The number of nitro benzene ring substituents is 1. The van der Waals surface area contributed by atoms with Gasteiger partial charge in [0, 0.05) is 30.9 Å². The molecule has 0 unspecified atom stereocenters. The number of aromatic nitrogens is 3. The van der Waals surface area contributed by atoms with E-state index in [0.717, 1.165) is 48.6 Å². The molecule has 1 aromatic heterocycles. The second-order valence-corrected chi connectivity index (χ2v) is 9.78. The lowest BCUT2D eigenvalue weighted by atomic mass is 10.0. The van der Waals surface area contributed by atoms with E-state index in [1.54, 1.807) is 17.0 Å². The van der Waals surface area contributed by atoms with Gasteiger partial charge in [-0.1, -0.05) is 43.8 Å². The summed E-state index contributed by atoms with van der Waals surface area (Å²) >= 11 is 1.36. The van der Waals surface area contributed by atoms with Crippen LogP contribution in [0.4, 0.5) is 11.4 Å². The summed E-state index contributed by atoms with van der Waals surface area (Å²) in [4.78, 5) is 25.6. The van der Waals surface area contributed by atoms with Gasteiger partial charge < -0.3 is 14.2 Å². The van der Waals surface area contributed by atoms with Gasteiger partial charge in [0.25, 0.3) is 5.69 Å². The minimum Gasteiger partial charge on any atom is -0.486 e. The summed E-state index contributed by atoms with van der Waals surface area (Å²) in [5.74, 6) is 2.15. The highest BCUT2D eigenvalue weighted by molar-refractivity contribution is 7.99. The van der Waals surface area contributed by atoms with E-state index in [2.05, 4.69) is 24.0 Å². The molecule has 2 heterocycles. The average molecular weight is 496 g/mol. The molecule has 0 spiro atoms. The molecule has 0 N–H and O–H groups in total. The standard InChI is InChI=1S/C25H29N5O4S/c1-18(2)12-14-29-23(16-34-21-8-4-3-5-9-21)26-27-25(29)35-17-24(31)28-13-6-7-19-15-20(30(32)33)10-11-22(19)28/h3-5,8-11,15,18H,6-7,12-14,16-17H2,1-2H3. The highest BCUT2D eigenvalue weighted by atomic mass is 32.2. The molecule has 1 aliphatic heterocycles. The van der Waals surface area contributed by atoms with Gasteiger partial charge in [-0.25, -0.2) is 0 Å². The number of amides is 1. The Morgan fingerprint density at radius 3 is 2.74 bits per heavy atom. The van der Waals surface area contributed by atoms with Crippen LogP contribution in [0, 0.1) is 16.0 Å². The summed E-state index contributed by atoms with van der Waals surface area (Å²) in [6, 6.07) is 14.3. The zero-order chi connectivity index (χ0) is 24.8. The predicted molar refractivity (Wildman–Crippen MR) is 135 cm³/mol. The van der Waals surface area contributed by atoms with E-state index in [1.165, 1.54) is 17.8 Å². The average Bonchev–Trinajstić information content (AvgIpc) is 3.26. The number of anilines is 1. The van der Waals surface area contributed by atoms with Crippen LogP contribution in [0.25, 0.3) is 0 Å². The molecule has 0 saturated heterocycles. The van der Waals surface area contributed by atoms with E-state index >= 15 is 0 Å². The van der Waals surface area contributed by atoms with Crippen LogP contribution in [0.5, 0.6) is 5.75 Å². The Hall–Kier alpha value is -3.40. The minimum atomic E-state index is -0.403. The van der Waals surface area contributed by atoms with Crippen molar-refractivity contribution >= 4 is 29.0 Å². The van der Waals surface area contributed by atoms with Gasteiger partial charge in [0.2, 0.25) is 5.91 Å². The molecular formula is C25H29N5O4S. The fourth-order valence-corrected chi connectivity index (χ4v) is 4.83. The fourth-order valence-electron chi connectivity index (χ4n) is 3.97. The number of carbonyl (C=O) groups excluding carboxylic acids is 1. The molecule has 0 radical (unpaired) electrons. The minimum absolute atomic E-state index is 0.0506. The number of thioether (sulfide) groups is 1. The first-order chi connectivity index (χ1) is 16.9. The summed E-state index contributed by atoms with van der Waals surface area (Å²) in [7, 11) is 0. The van der Waals surface area contributed by atoms with Gasteiger partial charge in [-0.15, -0.1) is 10.2 Å². The molecule has 0 fully saturated rings. The van der Waals surface area contributed by atoms with Crippen LogP contribution < -0.4 is 9.64 Å². The summed E-state index contributed by atoms with van der Waals surface area (Å²) in [5, 5.41) is 20.5. The van der Waals surface area contributed by atoms with Crippen LogP contribution in [-0.4, -0.2) is 37.9 Å². The molecule has 10 heteroatoms. The number of para-hydroxylation sites is 1. The van der Waals surface area contributed by atoms with Crippen molar-refractivity contribution in [3.8, 4) is 5.75 Å². The Kier molecular flexibility index (Phi) is 8.02. The Labute approximate surface area is 208 Å². The number of ether oxygens (including phenoxy) is 1. The van der Waals surface area contributed by atoms with Gasteiger partial charge in [-0.3, -0.25) is 14.9 Å². The van der Waals surface area contributed by atoms with Crippen molar-refractivity contribution < 1.29 is 14.5 Å². The lowest BCUT2D eigenvalue weighted by Crippen LogP contribution is -2.36. The smallest absolute Gasteiger partial charge is 0.269 e. The van der Waals surface area contributed by atoms with Crippen molar-refractivity contribution in [3.63, 3.8) is 0 Å². The first-order valence-corrected chi connectivity index (χ1v) is 12.7. The summed E-state index contributed by atoms with van der Waals surface area (Å²) in [5.41, 5.74) is 1.64. The SMILES string of the molecule is CC(C)CCn1c(COc2ccccc2)nnc1SCC(=O)N1CCCc2cc([N+](=O)[O-])ccc21. The fraction of sp³-hybridized carbons (Fsp3) is 0.400. The van der Waals surface area contributed by atoms with E-state index in [1.807, 2.05) is 34.9 Å². The van der Waals surface area contributed by atoms with Crippen molar-refractivity contribution in [2.45, 2.75) is 51.4 Å². The maximum absolute atomic E-state index is 13.1. The largest absolute Gasteiger partial charge is 0.486 e. The van der Waals surface area contributed by atoms with Gasteiger partial charge in [-0.05, 0) is 48.9 Å². The number of fused-ring (bicyclic) bond motifs is 1. The Bertz CT molecular complexity index is 1180. The van der Waals surface area contributed by atoms with Gasteiger partial charge in [0.05, 0.1) is 10.7 Å². The topological polar surface area (TPSA) is 103 Å². The summed E-state index contributed by atoms with van der Waals surface area (Å²) in [6.45, 7) is 5.96. The Morgan fingerprint density at radius 2 is 2.00 bits per heavy atom. The molecule has 0 saturated carbocycles. The number of benzene rings is 2. The number of aryl methyl sites for hydroxylation is 1. The first-order valence-electron chi connectivity index (χ1n) is 11.7. The van der Waals surface area contributed by atoms with Gasteiger partial charge in [0.15, 0.2) is 11.0 Å². The van der Waals surface area contributed by atoms with Crippen molar-refractivity contribution in [1.82, 2.24) is 14.8 Å². The summed E-state index contributed by atoms with van der Waals surface area (Å²) in [6.07, 6.45) is 2.45. The molecule has 9 nitrogen and oxygen atoms in total. The molecule has 3 aromatic rings. The number of non-ortho nitro benzene ring substituents is 1. The number of nitro groups is 1. The van der Waals surface area contributed by atoms with Gasteiger partial charge in [0.1, 0.15) is 12.4 Å². The number of nitrogens with zero attached hydrogens (tertiary/aromatic N) is 5. The van der Waals surface area contributed by atoms with E-state index < -0.39 is 4.92 Å². The second-order valence-electron chi connectivity index (χ2n) is 8.84. The highest BCUT2D eigenvalue weighted by Gasteiger charge is 2.25. The highest BCUT2D eigenvalue weighted by Crippen LogP contribution is 2.31. The third kappa shape index (κ3) is 6.19. The molecule has 184 valence electrons. The molecule has 0 aliphatic carbocycles. The first kappa shape index (κ1) is 24.7. The maximum Gasteiger partial charge on any atom is 0.269 e. The molecule has 4 rings (SSSR count). The molecular weight excluding hydrogens is 466 g/mol. The third-order valence-corrected chi connectivity index (χ3v) is 6.80. The molecule has 35 heavy (non-hydrogen) atoms. The van der Waals surface area contributed by atoms with Crippen LogP contribution in [-0.2, 0) is 24.4 Å². The molecule has 0 atom stereocenters. The molecule has 1 aliphatic rings. The predicted octanol–water partition coefficient (Wildman–Crippen LogP) is 4.88. The zero-order valence-electron chi connectivity index (χ0n) is 19.9. The number of rotatable bonds is 10.